The van der Waals surface area contributed by atoms with Gasteiger partial charge in [-0.2, -0.15) is 10.1 Å². The summed E-state index contributed by atoms with van der Waals surface area (Å²) in [5.41, 5.74) is -0.247. The maximum Gasteiger partial charge on any atom is 0.293 e. The van der Waals surface area contributed by atoms with Crippen LogP contribution in [0.2, 0.25) is 0 Å². The fourth-order valence-corrected chi connectivity index (χ4v) is 3.27. The summed E-state index contributed by atoms with van der Waals surface area (Å²) >= 11 is 0. The molecule has 0 spiro atoms. The van der Waals surface area contributed by atoms with E-state index in [1.165, 1.54) is 6.92 Å². The monoisotopic (exact) mass is 467 g/mol. The van der Waals surface area contributed by atoms with Crippen molar-refractivity contribution >= 4 is 46.3 Å². The molecule has 1 aliphatic heterocycles. The summed E-state index contributed by atoms with van der Waals surface area (Å²) in [6.45, 7) is 4.81. The van der Waals surface area contributed by atoms with Crippen LogP contribution in [-0.2, 0) is 14.4 Å². The molecule has 0 saturated heterocycles. The number of anilines is 1. The molecule has 1 N–H and O–H groups in total. The fourth-order valence-electron chi connectivity index (χ4n) is 3.27. The first-order valence-electron chi connectivity index (χ1n) is 9.71. The smallest absolute Gasteiger partial charge is 0.293 e. The van der Waals surface area contributed by atoms with E-state index in [9.17, 15) is 39.4 Å². The highest BCUT2D eigenvalue weighted by Crippen LogP contribution is 2.26. The first-order valence-corrected chi connectivity index (χ1v) is 9.71. The normalized spacial score (nSPS) is 15.0. The van der Waals surface area contributed by atoms with E-state index in [1.807, 2.05) is 13.0 Å². The summed E-state index contributed by atoms with van der Waals surface area (Å²) in [7, 11) is 0. The number of amides is 3. The van der Waals surface area contributed by atoms with Crippen molar-refractivity contribution in [2.75, 3.05) is 5.32 Å². The lowest BCUT2D eigenvalue weighted by molar-refractivity contribution is -0.394. The van der Waals surface area contributed by atoms with Crippen molar-refractivity contribution in [1.82, 2.24) is 5.01 Å². The Labute approximate surface area is 191 Å². The number of nitrogens with zero attached hydrogens (tertiary/aromatic N) is 4. The summed E-state index contributed by atoms with van der Waals surface area (Å²) in [6, 6.07) is 7.21. The molecule has 13 nitrogen and oxygen atoms in total. The second-order valence-electron chi connectivity index (χ2n) is 7.45. The molecule has 1 heterocycles. The first-order chi connectivity index (χ1) is 15.9. The van der Waals surface area contributed by atoms with Gasteiger partial charge in [0, 0.05) is 17.8 Å². The highest BCUT2D eigenvalue weighted by atomic mass is 16.6. The maximum atomic E-state index is 12.8. The number of non-ortho nitro benzene ring substituents is 2. The lowest BCUT2D eigenvalue weighted by atomic mass is 9.98. The predicted octanol–water partition coefficient (Wildman–Crippen LogP) is 2.30. The van der Waals surface area contributed by atoms with Crippen LogP contribution in [0.1, 0.15) is 28.4 Å². The lowest BCUT2D eigenvalue weighted by Crippen LogP contribution is -2.40. The number of rotatable bonds is 6. The number of carbonyl (C=O) groups is 4. The molecule has 0 fully saturated rings. The number of ketones is 1. The molecule has 0 aromatic heterocycles. The Kier molecular flexibility index (Phi) is 6.29. The van der Waals surface area contributed by atoms with Gasteiger partial charge in [0.2, 0.25) is 5.78 Å². The second-order valence-corrected chi connectivity index (χ2v) is 7.45. The second kappa shape index (κ2) is 8.97. The van der Waals surface area contributed by atoms with Gasteiger partial charge in [0.15, 0.2) is 0 Å². The summed E-state index contributed by atoms with van der Waals surface area (Å²) in [4.78, 5) is 71.1. The third-order valence-corrected chi connectivity index (χ3v) is 5.23. The third kappa shape index (κ3) is 4.39. The third-order valence-electron chi connectivity index (χ3n) is 5.23. The molecule has 2 aromatic carbocycles. The highest BCUT2D eigenvalue weighted by molar-refractivity contribution is 6.49. The van der Waals surface area contributed by atoms with Crippen molar-refractivity contribution in [2.24, 2.45) is 11.0 Å². The van der Waals surface area contributed by atoms with Crippen molar-refractivity contribution in [2.45, 2.75) is 20.8 Å². The highest BCUT2D eigenvalue weighted by Gasteiger charge is 2.44. The molecule has 34 heavy (non-hydrogen) atoms. The molecule has 1 atom stereocenters. The molecular formula is C21H17N5O8. The Morgan fingerprint density at radius 2 is 1.59 bits per heavy atom. The molecule has 0 radical (unpaired) electrons. The van der Waals surface area contributed by atoms with Gasteiger partial charge in [-0.25, -0.2) is 0 Å². The number of hydrogen-bond acceptors (Lipinski definition) is 9. The van der Waals surface area contributed by atoms with Crippen molar-refractivity contribution in [1.29, 1.82) is 0 Å². The zero-order valence-corrected chi connectivity index (χ0v) is 18.1. The molecule has 3 amide bonds. The molecule has 1 aliphatic rings. The summed E-state index contributed by atoms with van der Waals surface area (Å²) < 4.78 is 0. The average Bonchev–Trinajstić information content (AvgIpc) is 3.09. The van der Waals surface area contributed by atoms with Crippen LogP contribution in [0.3, 0.4) is 0 Å². The Bertz CT molecular complexity index is 1280. The minimum Gasteiger partial charge on any atom is -0.319 e. The molecule has 13 heteroatoms. The number of nitro groups is 2. The van der Waals surface area contributed by atoms with E-state index in [1.54, 1.807) is 19.1 Å². The minimum atomic E-state index is -1.69. The van der Waals surface area contributed by atoms with Crippen LogP contribution in [-0.4, -0.2) is 44.1 Å². The standard InChI is InChI=1S/C21H17N5O8/c1-10-5-4-6-16(11(10)2)22-19(28)18(27)17-12(3)23-24(21(17)30)20(29)13-7-14(25(31)32)9-15(8-13)26(33)34/h4-9,17H,1-3H3,(H,22,28)/t17-/m1/s1. The van der Waals surface area contributed by atoms with E-state index >= 15 is 0 Å². The average molecular weight is 467 g/mol. The van der Waals surface area contributed by atoms with Crippen LogP contribution < -0.4 is 5.32 Å². The largest absolute Gasteiger partial charge is 0.319 e. The van der Waals surface area contributed by atoms with E-state index in [4.69, 9.17) is 0 Å². The van der Waals surface area contributed by atoms with Crippen LogP contribution in [0.15, 0.2) is 41.5 Å². The molecule has 2 aromatic rings. The van der Waals surface area contributed by atoms with Gasteiger partial charge in [0.05, 0.1) is 27.2 Å². The van der Waals surface area contributed by atoms with Crippen LogP contribution in [0.5, 0.6) is 0 Å². The summed E-state index contributed by atoms with van der Waals surface area (Å²) in [5.74, 6) is -6.32. The van der Waals surface area contributed by atoms with Crippen LogP contribution in [0.25, 0.3) is 0 Å². The zero-order chi connectivity index (χ0) is 25.3. The zero-order valence-electron chi connectivity index (χ0n) is 18.1. The van der Waals surface area contributed by atoms with E-state index in [-0.39, 0.29) is 10.7 Å². The van der Waals surface area contributed by atoms with Crippen molar-refractivity contribution in [3.63, 3.8) is 0 Å². The molecule has 0 aliphatic carbocycles. The van der Waals surface area contributed by atoms with Crippen molar-refractivity contribution in [3.05, 3.63) is 73.3 Å². The Balaban J connectivity index is 1.86. The summed E-state index contributed by atoms with van der Waals surface area (Å²) in [6.07, 6.45) is 0. The maximum absolute atomic E-state index is 12.8. The molecular weight excluding hydrogens is 450 g/mol. The fraction of sp³-hybridized carbons (Fsp3) is 0.190. The van der Waals surface area contributed by atoms with Gasteiger partial charge >= 0.3 is 0 Å². The molecule has 3 rings (SSSR count). The molecule has 0 saturated carbocycles. The quantitative estimate of drug-likeness (QED) is 0.221. The van der Waals surface area contributed by atoms with Gasteiger partial charge in [-0.15, -0.1) is 0 Å². The van der Waals surface area contributed by atoms with E-state index in [0.717, 1.165) is 23.3 Å². The number of benzene rings is 2. The Morgan fingerprint density at radius 3 is 2.15 bits per heavy atom. The molecule has 0 bridgehead atoms. The number of nitro benzene ring substituents is 2. The van der Waals surface area contributed by atoms with Gasteiger partial charge in [0.25, 0.3) is 29.1 Å². The van der Waals surface area contributed by atoms with Gasteiger partial charge < -0.3 is 5.32 Å². The molecule has 174 valence electrons. The van der Waals surface area contributed by atoms with E-state index < -0.39 is 56.2 Å². The predicted molar refractivity (Wildman–Crippen MR) is 117 cm³/mol. The topological polar surface area (TPSA) is 182 Å². The van der Waals surface area contributed by atoms with Gasteiger partial charge in [-0.05, 0) is 38.0 Å². The number of carbonyl (C=O) groups excluding carboxylic acids is 4. The van der Waals surface area contributed by atoms with Crippen molar-refractivity contribution in [3.8, 4) is 0 Å². The number of aryl methyl sites for hydroxylation is 1. The number of hydrazone groups is 1. The first kappa shape index (κ1) is 23.8. The van der Waals surface area contributed by atoms with Crippen LogP contribution in [0, 0.1) is 40.0 Å². The number of imide groups is 1. The summed E-state index contributed by atoms with van der Waals surface area (Å²) in [5, 5.41) is 28.6. The molecule has 0 unspecified atom stereocenters. The van der Waals surface area contributed by atoms with Gasteiger partial charge in [-0.3, -0.25) is 39.4 Å². The van der Waals surface area contributed by atoms with Crippen LogP contribution >= 0.6 is 0 Å². The van der Waals surface area contributed by atoms with Crippen LogP contribution in [0.4, 0.5) is 17.1 Å². The van der Waals surface area contributed by atoms with Crippen molar-refractivity contribution < 1.29 is 29.0 Å². The minimum absolute atomic E-state index is 0.153. The Morgan fingerprint density at radius 1 is 1.00 bits per heavy atom. The Hall–Kier alpha value is -4.81. The SMILES string of the molecule is CC1=NN(C(=O)c2cc([N+](=O)[O-])cc([N+](=O)[O-])c2)C(=O)[C@H]1C(=O)C(=O)Nc1cccc(C)c1C. The van der Waals surface area contributed by atoms with Gasteiger partial charge in [-0.1, -0.05) is 12.1 Å². The van der Waals surface area contributed by atoms with E-state index in [0.29, 0.717) is 11.8 Å². The number of nitrogens with one attached hydrogen (secondary N) is 1. The lowest BCUT2D eigenvalue weighted by Gasteiger charge is -2.13. The van der Waals surface area contributed by atoms with E-state index in [2.05, 4.69) is 10.4 Å². The number of hydrogen-bond donors (Lipinski definition) is 1. The number of Topliss-reactive ketones (excluding diaryl/α,β-unsaturated/α-hetero) is 1. The van der Waals surface area contributed by atoms with Gasteiger partial charge in [0.1, 0.15) is 5.92 Å².